The Hall–Kier alpha value is -1.28. The van der Waals surface area contributed by atoms with Gasteiger partial charge in [-0.3, -0.25) is 0 Å². The van der Waals surface area contributed by atoms with E-state index < -0.39 is 0 Å². The van der Waals surface area contributed by atoms with Crippen molar-refractivity contribution in [2.45, 2.75) is 19.3 Å². The Bertz CT molecular complexity index is 542. The summed E-state index contributed by atoms with van der Waals surface area (Å²) in [6.45, 7) is 4.27. The second-order valence-corrected chi connectivity index (χ2v) is 4.71. The van der Waals surface area contributed by atoms with Gasteiger partial charge in [-0.25, -0.2) is 4.98 Å². The minimum absolute atomic E-state index is 0.109. The molecule has 2 aromatic heterocycles. The zero-order valence-electron chi connectivity index (χ0n) is 8.54. The molecule has 2 aromatic rings. The summed E-state index contributed by atoms with van der Waals surface area (Å²) < 4.78 is 5.49. The first-order valence-electron chi connectivity index (χ1n) is 4.86. The van der Waals surface area contributed by atoms with Crippen molar-refractivity contribution in [3.05, 3.63) is 40.9 Å². The van der Waals surface area contributed by atoms with Crippen LogP contribution in [0.2, 0.25) is 5.15 Å². The van der Waals surface area contributed by atoms with Crippen molar-refractivity contribution in [3.63, 3.8) is 0 Å². The van der Waals surface area contributed by atoms with Crippen LogP contribution in [0.3, 0.4) is 0 Å². The summed E-state index contributed by atoms with van der Waals surface area (Å²) in [5.41, 5.74) is 3.14. The topological polar surface area (TPSA) is 26.0 Å². The molecule has 0 saturated heterocycles. The first kappa shape index (κ1) is 8.98. The standard InChI is InChI=1S/C12H10ClNO/c1-12(2)8-5-6-15-10(8)7-3-4-9(13)14-11(7)12/h3-6H,1-2H3. The smallest absolute Gasteiger partial charge is 0.139 e. The summed E-state index contributed by atoms with van der Waals surface area (Å²) in [5.74, 6) is 0.930. The molecule has 2 nitrogen and oxygen atoms in total. The number of pyridine rings is 1. The Balaban J connectivity index is 2.39. The third kappa shape index (κ3) is 1.03. The summed E-state index contributed by atoms with van der Waals surface area (Å²) in [6, 6.07) is 5.78. The lowest BCUT2D eigenvalue weighted by molar-refractivity contribution is 0.579. The molecule has 0 spiro atoms. The van der Waals surface area contributed by atoms with Crippen molar-refractivity contribution < 1.29 is 4.42 Å². The van der Waals surface area contributed by atoms with E-state index in [9.17, 15) is 0 Å². The minimum Gasteiger partial charge on any atom is -0.464 e. The van der Waals surface area contributed by atoms with E-state index in [2.05, 4.69) is 18.8 Å². The van der Waals surface area contributed by atoms with E-state index in [1.54, 1.807) is 12.3 Å². The van der Waals surface area contributed by atoms with E-state index in [1.807, 2.05) is 12.1 Å². The second kappa shape index (κ2) is 2.64. The fourth-order valence-corrected chi connectivity index (χ4v) is 2.38. The molecular formula is C12H10ClNO. The number of hydrogen-bond acceptors (Lipinski definition) is 2. The van der Waals surface area contributed by atoms with Crippen molar-refractivity contribution in [1.29, 1.82) is 0 Å². The molecule has 0 aromatic carbocycles. The maximum Gasteiger partial charge on any atom is 0.139 e. The van der Waals surface area contributed by atoms with Gasteiger partial charge in [0.25, 0.3) is 0 Å². The van der Waals surface area contributed by atoms with E-state index in [4.69, 9.17) is 16.0 Å². The maximum atomic E-state index is 5.92. The highest BCUT2D eigenvalue weighted by atomic mass is 35.5. The van der Waals surface area contributed by atoms with Crippen LogP contribution in [0.1, 0.15) is 25.1 Å². The molecule has 0 radical (unpaired) electrons. The minimum atomic E-state index is -0.109. The summed E-state index contributed by atoms with van der Waals surface area (Å²) in [5, 5.41) is 0.534. The van der Waals surface area contributed by atoms with Gasteiger partial charge in [0.1, 0.15) is 10.9 Å². The molecule has 1 aliphatic carbocycles. The second-order valence-electron chi connectivity index (χ2n) is 4.32. The number of halogens is 1. The van der Waals surface area contributed by atoms with Gasteiger partial charge in [0.15, 0.2) is 0 Å². The van der Waals surface area contributed by atoms with Crippen LogP contribution >= 0.6 is 11.6 Å². The zero-order chi connectivity index (χ0) is 10.6. The van der Waals surface area contributed by atoms with Crippen molar-refractivity contribution in [2.75, 3.05) is 0 Å². The highest BCUT2D eigenvalue weighted by molar-refractivity contribution is 6.29. The van der Waals surface area contributed by atoms with Crippen LogP contribution in [-0.2, 0) is 5.41 Å². The van der Waals surface area contributed by atoms with Crippen LogP contribution < -0.4 is 0 Å². The molecule has 0 saturated carbocycles. The lowest BCUT2D eigenvalue weighted by Gasteiger charge is -2.18. The molecule has 0 unspecified atom stereocenters. The van der Waals surface area contributed by atoms with Crippen molar-refractivity contribution >= 4 is 11.6 Å². The molecule has 1 aliphatic rings. The SMILES string of the molecule is CC1(C)c2ccoc2-c2ccc(Cl)nc21. The molecule has 0 bridgehead atoms. The van der Waals surface area contributed by atoms with Gasteiger partial charge in [-0.2, -0.15) is 0 Å². The lowest BCUT2D eigenvalue weighted by Crippen LogP contribution is -2.16. The fourth-order valence-electron chi connectivity index (χ4n) is 2.23. The molecule has 0 amide bonds. The van der Waals surface area contributed by atoms with Gasteiger partial charge >= 0.3 is 0 Å². The van der Waals surface area contributed by atoms with Crippen LogP contribution in [0.15, 0.2) is 28.9 Å². The Morgan fingerprint density at radius 1 is 1.27 bits per heavy atom. The average Bonchev–Trinajstić information content (AvgIpc) is 2.72. The number of hydrogen-bond donors (Lipinski definition) is 0. The van der Waals surface area contributed by atoms with Crippen LogP contribution in [0.25, 0.3) is 11.3 Å². The summed E-state index contributed by atoms with van der Waals surface area (Å²) >= 11 is 5.92. The summed E-state index contributed by atoms with van der Waals surface area (Å²) in [7, 11) is 0. The van der Waals surface area contributed by atoms with Gasteiger partial charge < -0.3 is 4.42 Å². The maximum absolute atomic E-state index is 5.92. The predicted octanol–water partition coefficient (Wildman–Crippen LogP) is 3.63. The molecular weight excluding hydrogens is 210 g/mol. The molecule has 3 heteroatoms. The third-order valence-electron chi connectivity index (χ3n) is 3.04. The molecule has 0 fully saturated rings. The molecule has 15 heavy (non-hydrogen) atoms. The number of nitrogens with zero attached hydrogens (tertiary/aromatic N) is 1. The molecule has 76 valence electrons. The summed E-state index contributed by atoms with van der Waals surface area (Å²) in [4.78, 5) is 4.40. The normalized spacial score (nSPS) is 16.2. The van der Waals surface area contributed by atoms with E-state index in [0.717, 1.165) is 17.0 Å². The van der Waals surface area contributed by atoms with E-state index in [1.165, 1.54) is 5.56 Å². The largest absolute Gasteiger partial charge is 0.464 e. The summed E-state index contributed by atoms with van der Waals surface area (Å²) in [6.07, 6.45) is 1.73. The van der Waals surface area contributed by atoms with E-state index >= 15 is 0 Å². The van der Waals surface area contributed by atoms with Gasteiger partial charge in [-0.05, 0) is 32.0 Å². The van der Waals surface area contributed by atoms with Gasteiger partial charge in [0, 0.05) is 16.5 Å². The predicted molar refractivity (Wildman–Crippen MR) is 59.1 cm³/mol. The first-order valence-corrected chi connectivity index (χ1v) is 5.24. The van der Waals surface area contributed by atoms with Crippen LogP contribution in [0.5, 0.6) is 0 Å². The Kier molecular flexibility index (Phi) is 1.58. The number of aromatic nitrogens is 1. The lowest BCUT2D eigenvalue weighted by atomic mass is 9.86. The van der Waals surface area contributed by atoms with E-state index in [-0.39, 0.29) is 5.41 Å². The molecule has 0 aliphatic heterocycles. The van der Waals surface area contributed by atoms with Crippen LogP contribution in [-0.4, -0.2) is 4.98 Å². The molecule has 3 rings (SSSR count). The van der Waals surface area contributed by atoms with Gasteiger partial charge in [0.05, 0.1) is 12.0 Å². The zero-order valence-corrected chi connectivity index (χ0v) is 9.30. The number of rotatable bonds is 0. The van der Waals surface area contributed by atoms with Crippen molar-refractivity contribution in [2.24, 2.45) is 0 Å². The van der Waals surface area contributed by atoms with Crippen molar-refractivity contribution in [1.82, 2.24) is 4.98 Å². The quantitative estimate of drug-likeness (QED) is 0.633. The third-order valence-corrected chi connectivity index (χ3v) is 3.25. The van der Waals surface area contributed by atoms with Crippen LogP contribution in [0.4, 0.5) is 0 Å². The number of fused-ring (bicyclic) bond motifs is 3. The molecule has 0 atom stereocenters. The van der Waals surface area contributed by atoms with Gasteiger partial charge in [-0.1, -0.05) is 11.6 Å². The van der Waals surface area contributed by atoms with Gasteiger partial charge in [-0.15, -0.1) is 0 Å². The molecule has 0 N–H and O–H groups in total. The highest BCUT2D eigenvalue weighted by Gasteiger charge is 2.39. The average molecular weight is 220 g/mol. The Morgan fingerprint density at radius 2 is 2.07 bits per heavy atom. The Morgan fingerprint density at radius 3 is 2.87 bits per heavy atom. The van der Waals surface area contributed by atoms with Gasteiger partial charge in [0.2, 0.25) is 0 Å². The molecule has 2 heterocycles. The number of furan rings is 1. The monoisotopic (exact) mass is 219 g/mol. The highest BCUT2D eigenvalue weighted by Crippen LogP contribution is 2.48. The van der Waals surface area contributed by atoms with E-state index in [0.29, 0.717) is 5.15 Å². The van der Waals surface area contributed by atoms with Crippen LogP contribution in [0, 0.1) is 0 Å². The first-order chi connectivity index (χ1) is 7.10. The Labute approximate surface area is 92.9 Å². The van der Waals surface area contributed by atoms with Crippen molar-refractivity contribution in [3.8, 4) is 11.3 Å². The fraction of sp³-hybridized carbons (Fsp3) is 0.250.